The van der Waals surface area contributed by atoms with Gasteiger partial charge >= 0.3 is 6.18 Å². The van der Waals surface area contributed by atoms with E-state index < -0.39 is 16.6 Å². The lowest BCUT2D eigenvalue weighted by molar-refractivity contribution is -0.0852. The molecule has 0 aliphatic carbocycles. The first-order valence-corrected chi connectivity index (χ1v) is 8.43. The summed E-state index contributed by atoms with van der Waals surface area (Å²) in [5.41, 5.74) is -0.483. The third-order valence-corrected chi connectivity index (χ3v) is 4.43. The van der Waals surface area contributed by atoms with Crippen LogP contribution in [0.25, 0.3) is 0 Å². The number of hydrogen-bond acceptors (Lipinski definition) is 3. The molecule has 0 amide bonds. The van der Waals surface area contributed by atoms with Gasteiger partial charge < -0.3 is 14.6 Å². The topological polar surface area (TPSA) is 38.7 Å². The molecule has 9 heteroatoms. The van der Waals surface area contributed by atoms with Crippen LogP contribution in [0.15, 0.2) is 23.2 Å². The van der Waals surface area contributed by atoms with Gasteiger partial charge in [-0.25, -0.2) is 0 Å². The van der Waals surface area contributed by atoms with Gasteiger partial charge in [0.25, 0.3) is 0 Å². The third kappa shape index (κ3) is 7.13. The van der Waals surface area contributed by atoms with E-state index in [9.17, 15) is 18.3 Å². The van der Waals surface area contributed by atoms with Crippen molar-refractivity contribution in [3.05, 3.63) is 33.3 Å². The van der Waals surface area contributed by atoms with E-state index in [0.29, 0.717) is 6.42 Å². The molecule has 3 nitrogen and oxygen atoms in total. The van der Waals surface area contributed by atoms with E-state index in [1.807, 2.05) is 13.8 Å². The van der Waals surface area contributed by atoms with Crippen molar-refractivity contribution >= 4 is 34.8 Å². The second-order valence-corrected chi connectivity index (χ2v) is 6.98. The highest BCUT2D eigenvalue weighted by atomic mass is 35.5. The average Bonchev–Trinajstić information content (AvgIpc) is 2.49. The monoisotopic (exact) mass is 420 g/mol. The Morgan fingerprint density at radius 3 is 2.24 bits per heavy atom. The third-order valence-electron chi connectivity index (χ3n) is 3.50. The second-order valence-electron chi connectivity index (χ2n) is 5.76. The van der Waals surface area contributed by atoms with Crippen LogP contribution >= 0.6 is 34.8 Å². The van der Waals surface area contributed by atoms with Crippen LogP contribution in [0.1, 0.15) is 20.3 Å². The van der Waals surface area contributed by atoms with Crippen molar-refractivity contribution in [1.82, 2.24) is 0 Å². The molecule has 0 fully saturated rings. The lowest BCUT2D eigenvalue weighted by Gasteiger charge is -2.28. The molecule has 0 saturated heterocycles. The minimum absolute atomic E-state index is 0.0859. The molecule has 0 saturated carbocycles. The van der Waals surface area contributed by atoms with Crippen LogP contribution in [-0.4, -0.2) is 31.1 Å². The number of allylic oxidation sites excluding steroid dienone is 1. The van der Waals surface area contributed by atoms with E-state index in [1.165, 1.54) is 12.1 Å². The summed E-state index contributed by atoms with van der Waals surface area (Å²) < 4.78 is 47.7. The fourth-order valence-corrected chi connectivity index (χ4v) is 2.38. The molecule has 142 valence electrons. The zero-order valence-corrected chi connectivity index (χ0v) is 15.9. The van der Waals surface area contributed by atoms with E-state index in [1.54, 1.807) is 0 Å². The Kier molecular flexibility index (Phi) is 8.19. The molecule has 0 radical (unpaired) electrons. The van der Waals surface area contributed by atoms with Crippen molar-refractivity contribution in [2.75, 3.05) is 19.8 Å². The smallest absolute Gasteiger partial charge is 0.426 e. The van der Waals surface area contributed by atoms with Gasteiger partial charge in [-0.1, -0.05) is 48.7 Å². The minimum atomic E-state index is -4.57. The number of hydrogen-bond donors (Lipinski definition) is 1. The van der Waals surface area contributed by atoms with Gasteiger partial charge in [0.15, 0.2) is 5.75 Å². The van der Waals surface area contributed by atoms with E-state index in [-0.39, 0.29) is 41.4 Å². The van der Waals surface area contributed by atoms with Gasteiger partial charge in [0, 0.05) is 17.5 Å². The first kappa shape index (κ1) is 22.2. The van der Waals surface area contributed by atoms with Crippen molar-refractivity contribution in [2.45, 2.75) is 26.4 Å². The highest BCUT2D eigenvalue weighted by molar-refractivity contribution is 6.37. The maximum atomic E-state index is 12.3. The van der Waals surface area contributed by atoms with Gasteiger partial charge in [0.1, 0.15) is 10.8 Å². The summed E-state index contributed by atoms with van der Waals surface area (Å²) in [5.74, 6) is 0.137. The van der Waals surface area contributed by atoms with Crippen molar-refractivity contribution in [3.8, 4) is 11.5 Å². The van der Waals surface area contributed by atoms with Gasteiger partial charge in [0.2, 0.25) is 0 Å². The highest BCUT2D eigenvalue weighted by Gasteiger charge is 2.32. The minimum Gasteiger partial charge on any atom is -0.508 e. The lowest BCUT2D eigenvalue weighted by atomic mass is 9.90. The van der Waals surface area contributed by atoms with Crippen LogP contribution in [-0.2, 0) is 4.74 Å². The Morgan fingerprint density at radius 2 is 1.76 bits per heavy atom. The SMILES string of the molecule is CCC(C)(COCC=C(Cl)C(F)(F)F)COc1c(Cl)cc(O)cc1Cl. The molecule has 25 heavy (non-hydrogen) atoms. The summed E-state index contributed by atoms with van der Waals surface area (Å²) in [6, 6.07) is 2.60. The van der Waals surface area contributed by atoms with Crippen LogP contribution in [0.2, 0.25) is 10.0 Å². The number of phenols is 1. The summed E-state index contributed by atoms with van der Waals surface area (Å²) >= 11 is 17.1. The van der Waals surface area contributed by atoms with Gasteiger partial charge in [-0.05, 0) is 12.5 Å². The Bertz CT molecular complexity index is 597. The van der Waals surface area contributed by atoms with E-state index in [2.05, 4.69) is 0 Å². The summed E-state index contributed by atoms with van der Waals surface area (Å²) in [6.45, 7) is 3.80. The molecule has 1 aromatic carbocycles. The molecule has 0 aliphatic rings. The van der Waals surface area contributed by atoms with Gasteiger partial charge in [-0.2, -0.15) is 13.2 Å². The maximum Gasteiger partial charge on any atom is 0.426 e. The number of aromatic hydroxyl groups is 1. The molecule has 1 rings (SSSR count). The largest absolute Gasteiger partial charge is 0.508 e. The fourth-order valence-electron chi connectivity index (χ4n) is 1.73. The molecule has 0 aromatic heterocycles. The van der Waals surface area contributed by atoms with Crippen molar-refractivity contribution in [1.29, 1.82) is 0 Å². The lowest BCUT2D eigenvalue weighted by Crippen LogP contribution is -2.30. The molecule has 0 bridgehead atoms. The molecule has 0 heterocycles. The Labute approximate surface area is 159 Å². The second kappa shape index (κ2) is 9.21. The van der Waals surface area contributed by atoms with Crippen molar-refractivity contribution < 1.29 is 27.8 Å². The highest BCUT2D eigenvalue weighted by Crippen LogP contribution is 2.37. The van der Waals surface area contributed by atoms with E-state index in [4.69, 9.17) is 44.3 Å². The summed E-state index contributed by atoms with van der Waals surface area (Å²) in [5, 5.41) is 8.49. The van der Waals surface area contributed by atoms with Gasteiger partial charge in [-0.15, -0.1) is 0 Å². The Hall–Kier alpha value is -0.820. The summed E-state index contributed by atoms with van der Waals surface area (Å²) in [7, 11) is 0. The number of halogens is 6. The average molecular weight is 422 g/mol. The van der Waals surface area contributed by atoms with Crippen LogP contribution in [0.5, 0.6) is 11.5 Å². The van der Waals surface area contributed by atoms with E-state index in [0.717, 1.165) is 6.08 Å². The molecule has 1 atom stereocenters. The molecule has 1 N–H and O–H groups in total. The maximum absolute atomic E-state index is 12.3. The molecule has 0 spiro atoms. The summed E-state index contributed by atoms with van der Waals surface area (Å²) in [6.07, 6.45) is -3.17. The molecular formula is C16H18Cl3F3O3. The van der Waals surface area contributed by atoms with Gasteiger partial charge in [-0.3, -0.25) is 0 Å². The predicted octanol–water partition coefficient (Wildman–Crippen LogP) is 6.20. The number of phenolic OH excluding ortho intramolecular Hbond substituents is 1. The van der Waals surface area contributed by atoms with Crippen molar-refractivity contribution in [3.63, 3.8) is 0 Å². The Balaban J connectivity index is 2.63. The zero-order chi connectivity index (χ0) is 19.3. The van der Waals surface area contributed by atoms with Crippen LogP contribution in [0.4, 0.5) is 13.2 Å². The number of alkyl halides is 3. The Morgan fingerprint density at radius 1 is 1.20 bits per heavy atom. The number of rotatable bonds is 8. The van der Waals surface area contributed by atoms with E-state index >= 15 is 0 Å². The molecule has 1 unspecified atom stereocenters. The normalized spacial score (nSPS) is 15.1. The fraction of sp³-hybridized carbons (Fsp3) is 0.500. The van der Waals surface area contributed by atoms with Crippen molar-refractivity contribution in [2.24, 2.45) is 5.41 Å². The van der Waals surface area contributed by atoms with Gasteiger partial charge in [0.05, 0.1) is 29.9 Å². The van der Waals surface area contributed by atoms with Crippen LogP contribution in [0.3, 0.4) is 0 Å². The molecule has 1 aromatic rings. The first-order chi connectivity index (χ1) is 11.5. The van der Waals surface area contributed by atoms with Crippen LogP contribution < -0.4 is 4.74 Å². The standard InChI is InChI=1S/C16H18Cl3F3O3/c1-3-15(2,8-24-5-4-13(19)16(20,21)22)9-25-14-11(17)6-10(23)7-12(14)18/h4,6-7,23H,3,5,8-9H2,1-2H3. The molecular weight excluding hydrogens is 404 g/mol. The predicted molar refractivity (Wildman–Crippen MR) is 92.8 cm³/mol. The number of ether oxygens (including phenoxy) is 2. The summed E-state index contributed by atoms with van der Waals surface area (Å²) in [4.78, 5) is 0. The van der Waals surface area contributed by atoms with Crippen LogP contribution in [0, 0.1) is 5.41 Å². The number of benzene rings is 1. The first-order valence-electron chi connectivity index (χ1n) is 7.30. The quantitative estimate of drug-likeness (QED) is 0.508. The molecule has 0 aliphatic heterocycles. The zero-order valence-electron chi connectivity index (χ0n) is 13.6.